The molecule has 0 saturated heterocycles. The lowest BCUT2D eigenvalue weighted by Gasteiger charge is -2.47. The predicted molar refractivity (Wildman–Crippen MR) is 176 cm³/mol. The molecule has 0 unspecified atom stereocenters. The van der Waals surface area contributed by atoms with Gasteiger partial charge in [-0.05, 0) is 46.0 Å². The van der Waals surface area contributed by atoms with Crippen LogP contribution in [0.1, 0.15) is 67.8 Å². The van der Waals surface area contributed by atoms with Crippen LogP contribution in [0.4, 0.5) is 0 Å². The highest BCUT2D eigenvalue weighted by Crippen LogP contribution is 2.58. The maximum Gasteiger partial charge on any atom is 0.471 e. The first kappa shape index (κ1) is 27.4. The molecule has 0 bridgehead atoms. The minimum atomic E-state index is -3.11. The van der Waals surface area contributed by atoms with Gasteiger partial charge in [0.15, 0.2) is 11.6 Å². The summed E-state index contributed by atoms with van der Waals surface area (Å²) in [6.45, 7) is 13.2. The van der Waals surface area contributed by atoms with Crippen molar-refractivity contribution in [2.75, 3.05) is 0 Å². The molecule has 0 atom stereocenters. The van der Waals surface area contributed by atoms with E-state index in [0.29, 0.717) is 22.4 Å². The molecule has 1 heterocycles. The van der Waals surface area contributed by atoms with E-state index < -0.39 is 8.56 Å². The number of benzene rings is 5. The van der Waals surface area contributed by atoms with Gasteiger partial charge in [0.05, 0.1) is 0 Å². The summed E-state index contributed by atoms with van der Waals surface area (Å²) in [5.74, 6) is 1.09. The van der Waals surface area contributed by atoms with Gasteiger partial charge in [-0.2, -0.15) is 0 Å². The second-order valence-electron chi connectivity index (χ2n) is 13.6. The Hall–Kier alpha value is -4.48. The van der Waals surface area contributed by atoms with E-state index in [1.165, 1.54) is 6.08 Å². The summed E-state index contributed by atoms with van der Waals surface area (Å²) in [4.78, 5) is 28.1. The summed E-state index contributed by atoms with van der Waals surface area (Å²) < 4.78 is 14.5. The number of rotatable bonds is 1. The van der Waals surface area contributed by atoms with Crippen molar-refractivity contribution < 1.29 is 18.4 Å². The van der Waals surface area contributed by atoms with Crippen LogP contribution in [0.3, 0.4) is 0 Å². The third-order valence-corrected chi connectivity index (χ3v) is 13.8. The Morgan fingerprint density at radius 2 is 1.16 bits per heavy atom. The van der Waals surface area contributed by atoms with Crippen LogP contribution in [-0.2, 0) is 0 Å². The fourth-order valence-corrected chi connectivity index (χ4v) is 11.6. The Bertz CT molecular complexity index is 2010. The molecular formula is C38H34O4Si. The Labute approximate surface area is 253 Å². The molecule has 4 nitrogen and oxygen atoms in total. The summed E-state index contributed by atoms with van der Waals surface area (Å²) in [5, 5.41) is 3.05. The molecule has 7 rings (SSSR count). The Kier molecular flexibility index (Phi) is 5.89. The van der Waals surface area contributed by atoms with Gasteiger partial charge in [-0.3, -0.25) is 9.59 Å². The van der Waals surface area contributed by atoms with Crippen LogP contribution in [0.15, 0.2) is 97.1 Å². The van der Waals surface area contributed by atoms with Crippen molar-refractivity contribution >= 4 is 47.2 Å². The largest absolute Gasteiger partial charge is 0.511 e. The smallest absolute Gasteiger partial charge is 0.471 e. The van der Waals surface area contributed by atoms with Crippen LogP contribution in [0.2, 0.25) is 10.1 Å². The lowest BCUT2D eigenvalue weighted by molar-refractivity contribution is 0.100. The van der Waals surface area contributed by atoms with E-state index in [9.17, 15) is 9.59 Å². The maximum atomic E-state index is 14.5. The van der Waals surface area contributed by atoms with Crippen molar-refractivity contribution in [3.63, 3.8) is 0 Å². The van der Waals surface area contributed by atoms with Crippen molar-refractivity contribution in [1.29, 1.82) is 0 Å². The first-order chi connectivity index (χ1) is 20.4. The van der Waals surface area contributed by atoms with Gasteiger partial charge in [-0.15, -0.1) is 0 Å². The van der Waals surface area contributed by atoms with Crippen molar-refractivity contribution in [2.45, 2.75) is 51.6 Å². The highest BCUT2D eigenvalue weighted by atomic mass is 28.4. The second-order valence-corrected chi connectivity index (χ2v) is 18.3. The third kappa shape index (κ3) is 3.95. The number of Topliss-reactive ketones (excluding diaryl/α,β-unsaturated/α-hetero) is 1. The third-order valence-electron chi connectivity index (χ3n) is 8.87. The summed E-state index contributed by atoms with van der Waals surface area (Å²) in [7, 11) is -3.11. The van der Waals surface area contributed by atoms with Crippen molar-refractivity contribution in [1.82, 2.24) is 0 Å². The minimum absolute atomic E-state index is 0.165. The molecule has 0 aromatic heterocycles. The van der Waals surface area contributed by atoms with E-state index in [4.69, 9.17) is 8.85 Å². The highest BCUT2D eigenvalue weighted by Gasteiger charge is 2.63. The molecule has 0 saturated carbocycles. The van der Waals surface area contributed by atoms with Crippen LogP contribution in [0.25, 0.3) is 38.2 Å². The van der Waals surface area contributed by atoms with E-state index in [-0.39, 0.29) is 21.6 Å². The van der Waals surface area contributed by atoms with E-state index >= 15 is 0 Å². The number of ketones is 2. The molecule has 1 aliphatic heterocycles. The number of carbonyl (C=O) groups is 2. The Balaban J connectivity index is 1.64. The average Bonchev–Trinajstić information content (AvgIpc) is 3.14. The van der Waals surface area contributed by atoms with Crippen LogP contribution in [0, 0.1) is 0 Å². The summed E-state index contributed by atoms with van der Waals surface area (Å²) in [5.41, 5.74) is 3.66. The molecule has 43 heavy (non-hydrogen) atoms. The van der Waals surface area contributed by atoms with Crippen molar-refractivity contribution in [2.24, 2.45) is 0 Å². The van der Waals surface area contributed by atoms with E-state index in [1.807, 2.05) is 66.7 Å². The quantitative estimate of drug-likeness (QED) is 0.185. The highest BCUT2D eigenvalue weighted by molar-refractivity contribution is 6.75. The van der Waals surface area contributed by atoms with Gasteiger partial charge in [-0.1, -0.05) is 114 Å². The molecule has 214 valence electrons. The summed E-state index contributed by atoms with van der Waals surface area (Å²) in [6, 6.07) is 29.5. The first-order valence-corrected chi connectivity index (χ1v) is 16.6. The Morgan fingerprint density at radius 1 is 0.581 bits per heavy atom. The SMILES string of the molecule is CC(C)(C)[Si]1(C(C)(C)C)Oc2ccc3ccccc3c2-c2c(ccc3ccc4c(c23)C(=O)C(c2ccccc2)=CC4=O)O1. The van der Waals surface area contributed by atoms with Crippen molar-refractivity contribution in [3.8, 4) is 22.6 Å². The molecule has 5 heteroatoms. The van der Waals surface area contributed by atoms with Gasteiger partial charge >= 0.3 is 8.56 Å². The summed E-state index contributed by atoms with van der Waals surface area (Å²) >= 11 is 0. The lowest BCUT2D eigenvalue weighted by atomic mass is 9.80. The number of hydrogen-bond donors (Lipinski definition) is 0. The van der Waals surface area contributed by atoms with Crippen LogP contribution < -0.4 is 8.85 Å². The van der Waals surface area contributed by atoms with E-state index in [0.717, 1.165) is 44.0 Å². The van der Waals surface area contributed by atoms with Crippen LogP contribution in [0.5, 0.6) is 11.5 Å². The van der Waals surface area contributed by atoms with Crippen LogP contribution in [-0.4, -0.2) is 20.1 Å². The van der Waals surface area contributed by atoms with Crippen LogP contribution >= 0.6 is 0 Å². The molecular weight excluding hydrogens is 549 g/mol. The molecule has 2 aliphatic rings. The van der Waals surface area contributed by atoms with Gasteiger partial charge in [0.25, 0.3) is 0 Å². The Morgan fingerprint density at radius 3 is 1.84 bits per heavy atom. The first-order valence-electron chi connectivity index (χ1n) is 14.8. The topological polar surface area (TPSA) is 52.6 Å². The fourth-order valence-electron chi connectivity index (χ4n) is 7.08. The normalized spacial score (nSPS) is 16.0. The molecule has 0 spiro atoms. The zero-order chi connectivity index (χ0) is 30.3. The molecule has 0 amide bonds. The zero-order valence-corrected chi connectivity index (χ0v) is 26.4. The second kappa shape index (κ2) is 9.26. The summed E-state index contributed by atoms with van der Waals surface area (Å²) in [6.07, 6.45) is 1.48. The molecule has 1 aliphatic carbocycles. The fraction of sp³-hybridized carbons (Fsp3) is 0.211. The minimum Gasteiger partial charge on any atom is -0.511 e. The predicted octanol–water partition coefficient (Wildman–Crippen LogP) is 9.94. The van der Waals surface area contributed by atoms with E-state index in [1.54, 1.807) is 6.07 Å². The van der Waals surface area contributed by atoms with Gasteiger partial charge < -0.3 is 8.85 Å². The molecule has 0 N–H and O–H groups in total. The van der Waals surface area contributed by atoms with Gasteiger partial charge in [0.1, 0.15) is 11.5 Å². The molecule has 0 fully saturated rings. The number of fused-ring (bicyclic) bond motifs is 9. The maximum absolute atomic E-state index is 14.5. The lowest BCUT2D eigenvalue weighted by Crippen LogP contribution is -2.62. The molecule has 5 aromatic rings. The van der Waals surface area contributed by atoms with Gasteiger partial charge in [-0.25, -0.2) is 0 Å². The number of carbonyl (C=O) groups excluding carboxylic acids is 2. The molecule has 0 radical (unpaired) electrons. The van der Waals surface area contributed by atoms with E-state index in [2.05, 4.69) is 59.7 Å². The van der Waals surface area contributed by atoms with Gasteiger partial charge in [0.2, 0.25) is 0 Å². The van der Waals surface area contributed by atoms with Crippen molar-refractivity contribution in [3.05, 3.63) is 114 Å². The van der Waals surface area contributed by atoms with Gasteiger partial charge in [0, 0.05) is 43.3 Å². The monoisotopic (exact) mass is 582 g/mol. The number of hydrogen-bond acceptors (Lipinski definition) is 4. The average molecular weight is 583 g/mol. The number of allylic oxidation sites excluding steroid dienone is 2. The molecule has 5 aromatic carbocycles. The zero-order valence-electron chi connectivity index (χ0n) is 25.4. The standard InChI is InChI=1S/C38H34O4Si/c1-37(2,3)43(38(4,5)6)41-30-20-17-24-14-10-11-15-26(24)33(30)35-31(42-43)21-18-25-16-19-27-29(39)22-28(23-12-8-7-9-13-23)36(40)34(27)32(25)35/h7-22H,1-6H3.